The Hall–Kier alpha value is -4.16. The molecule has 3 aliphatic heterocycles. The molecule has 0 unspecified atom stereocenters. The smallest absolute Gasteiger partial charge is 0.410 e. The van der Waals surface area contributed by atoms with Gasteiger partial charge in [0.25, 0.3) is 0 Å². The molecule has 0 bridgehead atoms. The molecule has 1 aromatic rings. The first-order valence-corrected chi connectivity index (χ1v) is 16.5. The largest absolute Gasteiger partial charge is 0.464 e. The van der Waals surface area contributed by atoms with Gasteiger partial charge in [-0.2, -0.15) is 0 Å². The van der Waals surface area contributed by atoms with Crippen LogP contribution in [0.3, 0.4) is 0 Å². The van der Waals surface area contributed by atoms with Crippen LogP contribution in [-0.4, -0.2) is 82.2 Å². The van der Waals surface area contributed by atoms with Crippen molar-refractivity contribution in [1.29, 1.82) is 0 Å². The molecule has 5 rings (SSSR count). The van der Waals surface area contributed by atoms with Gasteiger partial charge in [-0.05, 0) is 65.0 Å². The Balaban J connectivity index is 1.38. The van der Waals surface area contributed by atoms with E-state index < -0.39 is 65.1 Å². The van der Waals surface area contributed by atoms with Crippen LogP contribution in [0.1, 0.15) is 83.8 Å². The summed E-state index contributed by atoms with van der Waals surface area (Å²) in [6, 6.07) is 2.57. The highest BCUT2D eigenvalue weighted by Crippen LogP contribution is 2.46. The highest BCUT2D eigenvalue weighted by atomic mass is 19.1. The van der Waals surface area contributed by atoms with Crippen molar-refractivity contribution in [3.05, 3.63) is 47.3 Å². The van der Waals surface area contributed by atoms with Gasteiger partial charge in [0.05, 0.1) is 19.7 Å². The molecule has 0 spiro atoms. The minimum absolute atomic E-state index is 0.0307. The molecule has 1 aromatic carbocycles. The van der Waals surface area contributed by atoms with E-state index in [0.717, 1.165) is 19.3 Å². The maximum Gasteiger partial charge on any atom is 0.410 e. The number of amides is 4. The van der Waals surface area contributed by atoms with E-state index in [2.05, 4.69) is 10.6 Å². The third kappa shape index (κ3) is 7.87. The lowest BCUT2D eigenvalue weighted by Crippen LogP contribution is -2.56. The quantitative estimate of drug-likeness (QED) is 0.280. The monoisotopic (exact) mass is 656 g/mol. The number of allylic oxidation sites excluding steroid dienone is 1. The average molecular weight is 657 g/mol. The zero-order valence-corrected chi connectivity index (χ0v) is 27.5. The average Bonchev–Trinajstić information content (AvgIpc) is 3.31. The highest BCUT2D eigenvalue weighted by molar-refractivity contribution is 5.96. The van der Waals surface area contributed by atoms with E-state index in [1.165, 1.54) is 15.9 Å². The molecule has 1 saturated heterocycles. The first-order chi connectivity index (χ1) is 22.3. The van der Waals surface area contributed by atoms with E-state index in [9.17, 15) is 28.4 Å². The second kappa shape index (κ2) is 13.9. The predicted molar refractivity (Wildman–Crippen MR) is 167 cm³/mol. The fourth-order valence-electron chi connectivity index (χ4n) is 6.57. The molecule has 4 amide bonds. The highest BCUT2D eigenvalue weighted by Gasteiger charge is 2.62. The van der Waals surface area contributed by atoms with E-state index in [1.807, 2.05) is 12.2 Å². The topological polar surface area (TPSA) is 144 Å². The zero-order chi connectivity index (χ0) is 33.9. The van der Waals surface area contributed by atoms with Crippen molar-refractivity contribution in [1.82, 2.24) is 20.4 Å². The van der Waals surface area contributed by atoms with Crippen molar-refractivity contribution in [2.75, 3.05) is 13.2 Å². The number of nitrogens with zero attached hydrogens (tertiary/aromatic N) is 2. The van der Waals surface area contributed by atoms with E-state index in [4.69, 9.17) is 14.2 Å². The predicted octanol–water partition coefficient (Wildman–Crippen LogP) is 4.10. The SMILES string of the molecule is CCOC(=O)[C@@]12C[C@H]1C=CCCCCC[C@H](NC(=O)OC(C)(C)C)C(=O)N1C[C@H](OC(=O)N3Cc4cccc(F)c4C3)C[C@H]1C(=O)N2. The molecular weight excluding hydrogens is 611 g/mol. The van der Waals surface area contributed by atoms with Crippen LogP contribution in [0.2, 0.25) is 0 Å². The third-order valence-electron chi connectivity index (χ3n) is 9.02. The minimum Gasteiger partial charge on any atom is -0.464 e. The van der Waals surface area contributed by atoms with E-state index in [-0.39, 0.29) is 38.6 Å². The summed E-state index contributed by atoms with van der Waals surface area (Å²) >= 11 is 0. The molecule has 5 atom stereocenters. The first-order valence-electron chi connectivity index (χ1n) is 16.5. The molecule has 0 radical (unpaired) electrons. The van der Waals surface area contributed by atoms with Crippen molar-refractivity contribution < 1.29 is 42.6 Å². The van der Waals surface area contributed by atoms with Crippen LogP contribution >= 0.6 is 0 Å². The number of hydrogen-bond acceptors (Lipinski definition) is 8. The summed E-state index contributed by atoms with van der Waals surface area (Å²) in [6.45, 7) is 7.09. The molecule has 12 nitrogen and oxygen atoms in total. The van der Waals surface area contributed by atoms with Gasteiger partial charge in [-0.25, -0.2) is 18.8 Å². The maximum atomic E-state index is 14.3. The van der Waals surface area contributed by atoms with E-state index in [1.54, 1.807) is 39.8 Å². The summed E-state index contributed by atoms with van der Waals surface area (Å²) in [5, 5.41) is 5.58. The molecule has 4 aliphatic rings. The summed E-state index contributed by atoms with van der Waals surface area (Å²) in [7, 11) is 0. The number of carbonyl (C=O) groups excluding carboxylic acids is 5. The summed E-state index contributed by atoms with van der Waals surface area (Å²) in [5.41, 5.74) is -0.947. The van der Waals surface area contributed by atoms with Gasteiger partial charge < -0.3 is 29.7 Å². The summed E-state index contributed by atoms with van der Waals surface area (Å²) in [6.07, 6.45) is 5.27. The molecule has 3 heterocycles. The Morgan fingerprint density at radius 3 is 2.64 bits per heavy atom. The summed E-state index contributed by atoms with van der Waals surface area (Å²) in [5.74, 6) is -2.30. The van der Waals surface area contributed by atoms with Gasteiger partial charge in [0.1, 0.15) is 35.1 Å². The van der Waals surface area contributed by atoms with Crippen LogP contribution in [0.4, 0.5) is 14.0 Å². The van der Waals surface area contributed by atoms with Gasteiger partial charge in [-0.15, -0.1) is 0 Å². The van der Waals surface area contributed by atoms with Crippen molar-refractivity contribution in [2.24, 2.45) is 5.92 Å². The molecule has 13 heteroatoms. The zero-order valence-electron chi connectivity index (χ0n) is 27.5. The van der Waals surface area contributed by atoms with Crippen molar-refractivity contribution >= 4 is 30.0 Å². The lowest BCUT2D eigenvalue weighted by molar-refractivity contribution is -0.150. The first kappa shape index (κ1) is 34.2. The summed E-state index contributed by atoms with van der Waals surface area (Å²) < 4.78 is 30.9. The second-order valence-corrected chi connectivity index (χ2v) is 13.7. The summed E-state index contributed by atoms with van der Waals surface area (Å²) in [4.78, 5) is 70.0. The van der Waals surface area contributed by atoms with Crippen LogP contribution in [0.5, 0.6) is 0 Å². The minimum atomic E-state index is -1.26. The van der Waals surface area contributed by atoms with Crippen LogP contribution < -0.4 is 10.6 Å². The third-order valence-corrected chi connectivity index (χ3v) is 9.02. The standard InChI is InChI=1S/C34H45FN4O8/c1-5-45-30(42)34-17-22(34)13-9-7-6-8-10-15-26(36-31(43)47-33(2,3)4)29(41)39-19-23(16-27(39)28(40)37-34)46-32(44)38-18-21-12-11-14-25(35)24(21)20-38/h9,11-14,22-23,26-27H,5-8,10,15-20H2,1-4H3,(H,36,43)(H,37,40)/t22-,23-,26+,27+,34-/m1/s1. The number of hydrogen-bond donors (Lipinski definition) is 2. The van der Waals surface area contributed by atoms with Crippen LogP contribution in [0.25, 0.3) is 0 Å². The Morgan fingerprint density at radius 2 is 1.91 bits per heavy atom. The molecule has 0 aromatic heterocycles. The maximum absolute atomic E-state index is 14.3. The van der Waals surface area contributed by atoms with Gasteiger partial charge in [0.15, 0.2) is 0 Å². The Bertz CT molecular complexity index is 1430. The molecule has 1 aliphatic carbocycles. The van der Waals surface area contributed by atoms with Gasteiger partial charge in [-0.3, -0.25) is 14.5 Å². The number of ether oxygens (including phenoxy) is 3. The van der Waals surface area contributed by atoms with Crippen molar-refractivity contribution in [3.8, 4) is 0 Å². The van der Waals surface area contributed by atoms with E-state index >= 15 is 0 Å². The normalized spacial score (nSPS) is 27.8. The lowest BCUT2D eigenvalue weighted by Gasteiger charge is -2.30. The Labute approximate surface area is 274 Å². The molecule has 2 fully saturated rings. The second-order valence-electron chi connectivity index (χ2n) is 13.7. The number of benzene rings is 1. The van der Waals surface area contributed by atoms with Gasteiger partial charge in [-0.1, -0.05) is 37.1 Å². The number of fused-ring (bicyclic) bond motifs is 3. The van der Waals surface area contributed by atoms with Crippen LogP contribution in [-0.2, 0) is 41.7 Å². The molecule has 256 valence electrons. The number of halogens is 1. The Morgan fingerprint density at radius 1 is 1.13 bits per heavy atom. The number of esters is 1. The fourth-order valence-corrected chi connectivity index (χ4v) is 6.57. The van der Waals surface area contributed by atoms with Gasteiger partial charge in [0.2, 0.25) is 11.8 Å². The van der Waals surface area contributed by atoms with E-state index in [0.29, 0.717) is 30.4 Å². The lowest BCUT2D eigenvalue weighted by atomic mass is 10.0. The molecule has 47 heavy (non-hydrogen) atoms. The molecule has 1 saturated carbocycles. The van der Waals surface area contributed by atoms with Gasteiger partial charge >= 0.3 is 18.2 Å². The van der Waals surface area contributed by atoms with Crippen molar-refractivity contribution in [2.45, 2.75) is 115 Å². The number of carbonyl (C=O) groups is 5. The molecular formula is C34H45FN4O8. The fraction of sp³-hybridized carbons (Fsp3) is 0.618. The number of nitrogens with one attached hydrogen (secondary N) is 2. The van der Waals surface area contributed by atoms with Crippen LogP contribution in [0.15, 0.2) is 30.4 Å². The van der Waals surface area contributed by atoms with Gasteiger partial charge in [0, 0.05) is 24.4 Å². The number of rotatable bonds is 4. The Kier molecular flexibility index (Phi) is 10.1. The number of alkyl carbamates (subject to hydrolysis) is 1. The molecule has 2 N–H and O–H groups in total. The van der Waals surface area contributed by atoms with Crippen LogP contribution in [0, 0.1) is 11.7 Å². The van der Waals surface area contributed by atoms with Crippen molar-refractivity contribution in [3.63, 3.8) is 0 Å².